The number of amides is 2. The minimum Gasteiger partial charge on any atom is -0.365 e. The fraction of sp³-hybridized carbons (Fsp3) is 0.611. The zero-order valence-corrected chi connectivity index (χ0v) is 14.4. The first-order valence-corrected chi connectivity index (χ1v) is 9.10. The maximum atomic E-state index is 12.8. The van der Waals surface area contributed by atoms with Crippen LogP contribution >= 0.6 is 0 Å². The monoisotopic (exact) mass is 343 g/mol. The molecular weight excluding hydrogens is 318 g/mol. The molecule has 1 aliphatic carbocycles. The number of carbonyl (C=O) groups is 2. The summed E-state index contributed by atoms with van der Waals surface area (Å²) in [6.45, 7) is 4.80. The number of nitrogens with two attached hydrogens (primary N) is 1. The van der Waals surface area contributed by atoms with E-state index in [-0.39, 0.29) is 11.3 Å². The van der Waals surface area contributed by atoms with Gasteiger partial charge < -0.3 is 20.9 Å². The molecule has 3 heterocycles. The molecule has 1 aromatic rings. The number of pyridine rings is 1. The lowest BCUT2D eigenvalue weighted by Gasteiger charge is -2.36. The lowest BCUT2D eigenvalue weighted by molar-refractivity contribution is -0.133. The molecule has 1 spiro atoms. The molecule has 3 fully saturated rings. The molecule has 4 rings (SSSR count). The molecule has 0 radical (unpaired) electrons. The van der Waals surface area contributed by atoms with Crippen LogP contribution in [0.3, 0.4) is 0 Å². The highest BCUT2D eigenvalue weighted by Gasteiger charge is 2.58. The molecule has 2 saturated heterocycles. The topological polar surface area (TPSA) is 91.6 Å². The Kier molecular flexibility index (Phi) is 4.11. The molecule has 0 bridgehead atoms. The highest BCUT2D eigenvalue weighted by atomic mass is 16.2. The van der Waals surface area contributed by atoms with Gasteiger partial charge in [-0.2, -0.15) is 0 Å². The van der Waals surface area contributed by atoms with Crippen molar-refractivity contribution < 1.29 is 9.59 Å². The van der Waals surface area contributed by atoms with Crippen LogP contribution in [0, 0.1) is 11.3 Å². The first kappa shape index (κ1) is 16.3. The number of nitrogens with one attached hydrogen (secondary N) is 1. The lowest BCUT2D eigenvalue weighted by Crippen LogP contribution is -2.50. The smallest absolute Gasteiger partial charge is 0.252 e. The molecule has 134 valence electrons. The van der Waals surface area contributed by atoms with Crippen molar-refractivity contribution in [2.75, 3.05) is 44.2 Å². The van der Waals surface area contributed by atoms with Crippen LogP contribution < -0.4 is 16.0 Å². The molecule has 7 heteroatoms. The molecule has 2 amide bonds. The van der Waals surface area contributed by atoms with Crippen molar-refractivity contribution in [1.29, 1.82) is 0 Å². The summed E-state index contributed by atoms with van der Waals surface area (Å²) in [5, 5.41) is 3.38. The normalized spacial score (nSPS) is 25.0. The van der Waals surface area contributed by atoms with Crippen LogP contribution in [0.4, 0.5) is 5.82 Å². The Morgan fingerprint density at radius 3 is 2.60 bits per heavy atom. The van der Waals surface area contributed by atoms with Crippen LogP contribution in [0.25, 0.3) is 0 Å². The maximum Gasteiger partial charge on any atom is 0.252 e. The maximum absolute atomic E-state index is 12.8. The Morgan fingerprint density at radius 1 is 1.20 bits per heavy atom. The third-order valence-electron chi connectivity index (χ3n) is 6.03. The van der Waals surface area contributed by atoms with Crippen molar-refractivity contribution in [1.82, 2.24) is 15.2 Å². The summed E-state index contributed by atoms with van der Waals surface area (Å²) in [7, 11) is 0. The molecule has 1 saturated carbocycles. The predicted molar refractivity (Wildman–Crippen MR) is 94.2 cm³/mol. The van der Waals surface area contributed by atoms with E-state index in [1.165, 1.54) is 0 Å². The Hall–Kier alpha value is -2.15. The average molecular weight is 343 g/mol. The molecule has 3 N–H and O–H groups in total. The van der Waals surface area contributed by atoms with E-state index in [2.05, 4.69) is 15.2 Å². The van der Waals surface area contributed by atoms with Gasteiger partial charge in [-0.3, -0.25) is 9.59 Å². The summed E-state index contributed by atoms with van der Waals surface area (Å²) >= 11 is 0. The summed E-state index contributed by atoms with van der Waals surface area (Å²) < 4.78 is 0. The molecule has 3 aliphatic rings. The fourth-order valence-electron chi connectivity index (χ4n) is 4.37. The van der Waals surface area contributed by atoms with Gasteiger partial charge in [0.15, 0.2) is 0 Å². The predicted octanol–water partition coefficient (Wildman–Crippen LogP) is 0.219. The zero-order valence-electron chi connectivity index (χ0n) is 14.4. The zero-order chi connectivity index (χ0) is 17.4. The van der Waals surface area contributed by atoms with Crippen LogP contribution in [0.5, 0.6) is 0 Å². The number of piperidine rings is 1. The summed E-state index contributed by atoms with van der Waals surface area (Å²) in [4.78, 5) is 32.8. The van der Waals surface area contributed by atoms with Crippen molar-refractivity contribution >= 4 is 17.6 Å². The van der Waals surface area contributed by atoms with Gasteiger partial charge in [0, 0.05) is 38.3 Å². The molecule has 7 nitrogen and oxygen atoms in total. The Morgan fingerprint density at radius 2 is 1.92 bits per heavy atom. The summed E-state index contributed by atoms with van der Waals surface area (Å²) in [6, 6.07) is 3.42. The third-order valence-corrected chi connectivity index (χ3v) is 6.03. The number of nitrogens with zero attached hydrogens (tertiary/aromatic N) is 3. The number of primary amides is 1. The largest absolute Gasteiger partial charge is 0.365 e. The van der Waals surface area contributed by atoms with E-state index in [0.717, 1.165) is 32.4 Å². The van der Waals surface area contributed by atoms with Crippen molar-refractivity contribution in [3.63, 3.8) is 0 Å². The van der Waals surface area contributed by atoms with Gasteiger partial charge in [-0.05, 0) is 49.9 Å². The van der Waals surface area contributed by atoms with Gasteiger partial charge in [-0.1, -0.05) is 0 Å². The second-order valence-electron chi connectivity index (χ2n) is 7.42. The summed E-state index contributed by atoms with van der Waals surface area (Å²) in [5.74, 6) is 0.700. The molecule has 1 aromatic heterocycles. The van der Waals surface area contributed by atoms with Gasteiger partial charge in [-0.15, -0.1) is 0 Å². The Balaban J connectivity index is 1.38. The first-order valence-electron chi connectivity index (χ1n) is 9.10. The second kappa shape index (κ2) is 6.29. The molecular formula is C18H25N5O2. The van der Waals surface area contributed by atoms with Crippen molar-refractivity contribution in [3.8, 4) is 0 Å². The van der Waals surface area contributed by atoms with Crippen molar-refractivity contribution in [2.24, 2.45) is 17.1 Å². The number of hydrogen-bond acceptors (Lipinski definition) is 5. The van der Waals surface area contributed by atoms with E-state index >= 15 is 0 Å². The molecule has 2 aliphatic heterocycles. The van der Waals surface area contributed by atoms with Crippen molar-refractivity contribution in [3.05, 3.63) is 23.9 Å². The van der Waals surface area contributed by atoms with Crippen LogP contribution in [-0.4, -0.2) is 61.0 Å². The number of carbonyl (C=O) groups excluding carboxylic acids is 2. The lowest BCUT2D eigenvalue weighted by atomic mass is 9.91. The van der Waals surface area contributed by atoms with E-state index in [9.17, 15) is 9.59 Å². The van der Waals surface area contributed by atoms with E-state index in [1.807, 2.05) is 4.90 Å². The number of aromatic nitrogens is 1. The first-order chi connectivity index (χ1) is 12.1. The van der Waals surface area contributed by atoms with Gasteiger partial charge in [0.1, 0.15) is 5.82 Å². The molecule has 1 atom stereocenters. The molecule has 25 heavy (non-hydrogen) atoms. The van der Waals surface area contributed by atoms with E-state index < -0.39 is 5.91 Å². The SMILES string of the molecule is NC(=O)c1cccnc1N1CCN(C(=O)[C@@H]2CC23CCNCC3)CC1. The van der Waals surface area contributed by atoms with Gasteiger partial charge >= 0.3 is 0 Å². The van der Waals surface area contributed by atoms with Crippen LogP contribution in [0.15, 0.2) is 18.3 Å². The standard InChI is InChI=1S/C18H25N5O2/c19-15(24)13-2-1-5-21-16(13)22-8-10-23(11-9-22)17(25)14-12-18(14)3-6-20-7-4-18/h1-2,5,14,20H,3-4,6-12H2,(H2,19,24)/t14-/m0/s1. The van der Waals surface area contributed by atoms with Gasteiger partial charge in [0.2, 0.25) is 5.91 Å². The quantitative estimate of drug-likeness (QED) is 0.819. The minimum atomic E-state index is -0.465. The number of hydrogen-bond donors (Lipinski definition) is 2. The van der Waals surface area contributed by atoms with Crippen LogP contribution in [-0.2, 0) is 4.79 Å². The molecule has 0 unspecified atom stereocenters. The van der Waals surface area contributed by atoms with E-state index in [4.69, 9.17) is 5.73 Å². The average Bonchev–Trinajstić information content (AvgIpc) is 3.34. The number of piperazine rings is 1. The van der Waals surface area contributed by atoms with Crippen molar-refractivity contribution in [2.45, 2.75) is 19.3 Å². The molecule has 0 aromatic carbocycles. The fourth-order valence-corrected chi connectivity index (χ4v) is 4.37. The second-order valence-corrected chi connectivity index (χ2v) is 7.42. The highest BCUT2D eigenvalue weighted by Crippen LogP contribution is 2.59. The van der Waals surface area contributed by atoms with Gasteiger partial charge in [0.25, 0.3) is 5.91 Å². The Labute approximate surface area is 147 Å². The van der Waals surface area contributed by atoms with Gasteiger partial charge in [-0.25, -0.2) is 4.98 Å². The Bertz CT molecular complexity index is 678. The highest BCUT2D eigenvalue weighted by molar-refractivity contribution is 5.97. The van der Waals surface area contributed by atoms with E-state index in [0.29, 0.717) is 43.5 Å². The van der Waals surface area contributed by atoms with Crippen LogP contribution in [0.2, 0.25) is 0 Å². The number of rotatable bonds is 3. The summed E-state index contributed by atoms with van der Waals surface area (Å²) in [6.07, 6.45) is 4.97. The number of anilines is 1. The third kappa shape index (κ3) is 2.97. The van der Waals surface area contributed by atoms with Gasteiger partial charge in [0.05, 0.1) is 5.56 Å². The van der Waals surface area contributed by atoms with Crippen LogP contribution in [0.1, 0.15) is 29.6 Å². The summed E-state index contributed by atoms with van der Waals surface area (Å²) in [5.41, 5.74) is 6.17. The van der Waals surface area contributed by atoms with E-state index in [1.54, 1.807) is 18.3 Å². The minimum absolute atomic E-state index is 0.220.